The Morgan fingerprint density at radius 2 is 2.32 bits per heavy atom. The highest BCUT2D eigenvalue weighted by Gasteiger charge is 2.25. The Morgan fingerprint density at radius 3 is 3.05 bits per heavy atom. The first-order chi connectivity index (χ1) is 9.15. The van der Waals surface area contributed by atoms with Gasteiger partial charge in [-0.2, -0.15) is 0 Å². The normalized spacial score (nSPS) is 17.1. The van der Waals surface area contributed by atoms with Gasteiger partial charge in [0.25, 0.3) is 0 Å². The zero-order valence-corrected chi connectivity index (χ0v) is 10.5. The van der Waals surface area contributed by atoms with Crippen molar-refractivity contribution in [2.75, 3.05) is 6.54 Å². The van der Waals surface area contributed by atoms with Gasteiger partial charge in [0.05, 0.1) is 12.6 Å². The molecule has 3 rings (SSSR count). The topological polar surface area (TPSA) is 84.4 Å². The first-order valence-corrected chi connectivity index (χ1v) is 6.09. The lowest BCUT2D eigenvalue weighted by atomic mass is 10.2. The van der Waals surface area contributed by atoms with E-state index in [1.165, 1.54) is 6.07 Å². The van der Waals surface area contributed by atoms with E-state index in [0.717, 1.165) is 18.9 Å². The minimum Gasteiger partial charge on any atom is -0.475 e. The molecule has 0 aromatic carbocycles. The predicted molar refractivity (Wildman–Crippen MR) is 64.5 cm³/mol. The molecule has 7 heteroatoms. The largest absolute Gasteiger partial charge is 0.475 e. The van der Waals surface area contributed by atoms with Gasteiger partial charge in [-0.3, -0.25) is 4.90 Å². The lowest BCUT2D eigenvalue weighted by Gasteiger charge is -2.31. The molecule has 0 saturated carbocycles. The van der Waals surface area contributed by atoms with Crippen molar-refractivity contribution in [1.29, 1.82) is 0 Å². The van der Waals surface area contributed by atoms with Crippen molar-refractivity contribution in [1.82, 2.24) is 19.7 Å². The number of furan rings is 1. The highest BCUT2D eigenvalue weighted by molar-refractivity contribution is 5.84. The van der Waals surface area contributed by atoms with Gasteiger partial charge in [-0.25, -0.2) is 4.79 Å². The van der Waals surface area contributed by atoms with Crippen LogP contribution in [0.4, 0.5) is 0 Å². The average molecular weight is 262 g/mol. The molecule has 2 aromatic heterocycles. The molecule has 1 N–H and O–H groups in total. The van der Waals surface area contributed by atoms with Crippen molar-refractivity contribution in [3.05, 3.63) is 35.8 Å². The highest BCUT2D eigenvalue weighted by Crippen LogP contribution is 2.25. The fourth-order valence-corrected chi connectivity index (χ4v) is 2.29. The van der Waals surface area contributed by atoms with E-state index in [-0.39, 0.29) is 11.8 Å². The van der Waals surface area contributed by atoms with Crippen LogP contribution in [0, 0.1) is 0 Å². The van der Waals surface area contributed by atoms with Gasteiger partial charge >= 0.3 is 5.97 Å². The number of aromatic nitrogens is 3. The van der Waals surface area contributed by atoms with Crippen LogP contribution in [0.2, 0.25) is 0 Å². The molecular weight excluding hydrogens is 248 g/mol. The van der Waals surface area contributed by atoms with Gasteiger partial charge in [-0.05, 0) is 19.1 Å². The predicted octanol–water partition coefficient (Wildman–Crippen LogP) is 1.15. The minimum atomic E-state index is -1.04. The molecule has 100 valence electrons. The number of aromatic carboxylic acids is 1. The molecule has 2 aromatic rings. The van der Waals surface area contributed by atoms with Crippen molar-refractivity contribution >= 4 is 5.97 Å². The standard InChI is InChI=1S/C12H14N4O3/c1-8(9-2-3-10(19-9)12(17)18)15-4-5-16-7-13-14-11(16)6-15/h2-3,7-8H,4-6H2,1H3,(H,17,18). The highest BCUT2D eigenvalue weighted by atomic mass is 16.4. The minimum absolute atomic E-state index is 0.0125. The Hall–Kier alpha value is -2.15. The summed E-state index contributed by atoms with van der Waals surface area (Å²) in [5, 5.41) is 16.8. The number of carboxylic acid groups (broad SMARTS) is 1. The monoisotopic (exact) mass is 262 g/mol. The van der Waals surface area contributed by atoms with Crippen molar-refractivity contribution < 1.29 is 14.3 Å². The van der Waals surface area contributed by atoms with Gasteiger partial charge in [0, 0.05) is 13.1 Å². The lowest BCUT2D eigenvalue weighted by Crippen LogP contribution is -2.35. The smallest absolute Gasteiger partial charge is 0.371 e. The van der Waals surface area contributed by atoms with Crippen LogP contribution >= 0.6 is 0 Å². The number of carbonyl (C=O) groups is 1. The van der Waals surface area contributed by atoms with E-state index in [1.807, 2.05) is 11.5 Å². The lowest BCUT2D eigenvalue weighted by molar-refractivity contribution is 0.0653. The number of carboxylic acids is 1. The van der Waals surface area contributed by atoms with Crippen LogP contribution in [0.25, 0.3) is 0 Å². The second-order valence-electron chi connectivity index (χ2n) is 4.59. The molecule has 1 aliphatic heterocycles. The molecule has 1 unspecified atom stereocenters. The van der Waals surface area contributed by atoms with Gasteiger partial charge < -0.3 is 14.1 Å². The Kier molecular flexibility index (Phi) is 2.83. The SMILES string of the molecule is CC(c1ccc(C(=O)O)o1)N1CCn2cnnc2C1. The second-order valence-corrected chi connectivity index (χ2v) is 4.59. The van der Waals surface area contributed by atoms with Crippen LogP contribution in [0.15, 0.2) is 22.9 Å². The van der Waals surface area contributed by atoms with Gasteiger partial charge in [0.15, 0.2) is 0 Å². The first-order valence-electron chi connectivity index (χ1n) is 6.09. The van der Waals surface area contributed by atoms with E-state index in [2.05, 4.69) is 15.1 Å². The summed E-state index contributed by atoms with van der Waals surface area (Å²) in [6.45, 7) is 4.37. The number of fused-ring (bicyclic) bond motifs is 1. The van der Waals surface area contributed by atoms with Gasteiger partial charge in [-0.1, -0.05) is 0 Å². The van der Waals surface area contributed by atoms with Crippen LogP contribution in [0.3, 0.4) is 0 Å². The zero-order valence-electron chi connectivity index (χ0n) is 10.5. The molecule has 7 nitrogen and oxygen atoms in total. The van der Waals surface area contributed by atoms with Crippen LogP contribution in [-0.4, -0.2) is 37.3 Å². The molecule has 1 aliphatic rings. The summed E-state index contributed by atoms with van der Waals surface area (Å²) in [6, 6.07) is 3.21. The molecule has 19 heavy (non-hydrogen) atoms. The quantitative estimate of drug-likeness (QED) is 0.893. The van der Waals surface area contributed by atoms with E-state index in [9.17, 15) is 4.79 Å². The average Bonchev–Trinajstić information content (AvgIpc) is 3.06. The maximum atomic E-state index is 10.8. The number of nitrogens with zero attached hydrogens (tertiary/aromatic N) is 4. The Balaban J connectivity index is 1.77. The van der Waals surface area contributed by atoms with E-state index >= 15 is 0 Å². The fraction of sp³-hybridized carbons (Fsp3) is 0.417. The molecule has 0 saturated heterocycles. The summed E-state index contributed by atoms with van der Waals surface area (Å²) in [6.07, 6.45) is 1.73. The fourth-order valence-electron chi connectivity index (χ4n) is 2.29. The molecule has 0 spiro atoms. The second kappa shape index (κ2) is 4.51. The molecular formula is C12H14N4O3. The third kappa shape index (κ3) is 2.12. The number of hydrogen-bond donors (Lipinski definition) is 1. The molecule has 1 atom stereocenters. The summed E-state index contributed by atoms with van der Waals surface area (Å²) in [5.74, 6) is 0.507. The summed E-state index contributed by atoms with van der Waals surface area (Å²) < 4.78 is 7.37. The van der Waals surface area contributed by atoms with E-state index in [1.54, 1.807) is 12.4 Å². The maximum Gasteiger partial charge on any atom is 0.371 e. The van der Waals surface area contributed by atoms with E-state index in [0.29, 0.717) is 12.3 Å². The Morgan fingerprint density at radius 1 is 1.47 bits per heavy atom. The molecule has 0 fully saturated rings. The molecule has 0 bridgehead atoms. The van der Waals surface area contributed by atoms with Crippen LogP contribution in [-0.2, 0) is 13.1 Å². The van der Waals surface area contributed by atoms with Crippen molar-refractivity contribution in [3.63, 3.8) is 0 Å². The van der Waals surface area contributed by atoms with Crippen molar-refractivity contribution in [2.24, 2.45) is 0 Å². The van der Waals surface area contributed by atoms with Crippen LogP contribution in [0.5, 0.6) is 0 Å². The molecule has 3 heterocycles. The van der Waals surface area contributed by atoms with E-state index in [4.69, 9.17) is 9.52 Å². The molecule has 0 aliphatic carbocycles. The molecule has 0 radical (unpaired) electrons. The van der Waals surface area contributed by atoms with Gasteiger partial charge in [0.1, 0.15) is 17.9 Å². The Labute approximate surface area is 109 Å². The van der Waals surface area contributed by atoms with Gasteiger partial charge in [0.2, 0.25) is 5.76 Å². The third-order valence-corrected chi connectivity index (χ3v) is 3.47. The van der Waals surface area contributed by atoms with Crippen LogP contribution in [0.1, 0.15) is 35.1 Å². The van der Waals surface area contributed by atoms with Crippen molar-refractivity contribution in [3.8, 4) is 0 Å². The molecule has 0 amide bonds. The number of rotatable bonds is 3. The maximum absolute atomic E-state index is 10.8. The van der Waals surface area contributed by atoms with E-state index < -0.39 is 5.97 Å². The Bertz CT molecular complexity index is 604. The third-order valence-electron chi connectivity index (χ3n) is 3.47. The summed E-state index contributed by atoms with van der Waals surface area (Å²) >= 11 is 0. The number of hydrogen-bond acceptors (Lipinski definition) is 5. The van der Waals surface area contributed by atoms with Crippen LogP contribution < -0.4 is 0 Å². The van der Waals surface area contributed by atoms with Crippen molar-refractivity contribution in [2.45, 2.75) is 26.1 Å². The summed E-state index contributed by atoms with van der Waals surface area (Å²) in [4.78, 5) is 13.0. The first kappa shape index (κ1) is 11.9. The zero-order chi connectivity index (χ0) is 13.4. The summed E-state index contributed by atoms with van der Waals surface area (Å²) in [5.41, 5.74) is 0. The van der Waals surface area contributed by atoms with Gasteiger partial charge in [-0.15, -0.1) is 10.2 Å². The summed E-state index contributed by atoms with van der Waals surface area (Å²) in [7, 11) is 0.